The van der Waals surface area contributed by atoms with E-state index >= 15 is 0 Å². The summed E-state index contributed by atoms with van der Waals surface area (Å²) in [5.74, 6) is -1.18. The molecule has 0 aromatic heterocycles. The molecule has 0 bridgehead atoms. The van der Waals surface area contributed by atoms with Gasteiger partial charge in [0.2, 0.25) is 0 Å². The third-order valence-electron chi connectivity index (χ3n) is 3.56. The molecule has 7 nitrogen and oxygen atoms in total. The summed E-state index contributed by atoms with van der Waals surface area (Å²) in [6.45, 7) is 1.46. The van der Waals surface area contributed by atoms with Gasteiger partial charge in [0.15, 0.2) is 6.10 Å². The van der Waals surface area contributed by atoms with E-state index in [-0.39, 0.29) is 5.56 Å². The number of ether oxygens (including phenoxy) is 3. The first-order valence-electron chi connectivity index (χ1n) is 7.79. The van der Waals surface area contributed by atoms with E-state index in [1.165, 1.54) is 45.4 Å². The van der Waals surface area contributed by atoms with Crippen molar-refractivity contribution in [3.05, 3.63) is 59.7 Å². The highest BCUT2D eigenvalue weighted by Crippen LogP contribution is 2.23. The molecule has 0 radical (unpaired) electrons. The highest BCUT2D eigenvalue weighted by atomic mass is 16.5. The van der Waals surface area contributed by atoms with Crippen LogP contribution >= 0.6 is 0 Å². The van der Waals surface area contributed by atoms with Gasteiger partial charge in [-0.25, -0.2) is 9.59 Å². The fourth-order valence-corrected chi connectivity index (χ4v) is 2.12. The van der Waals surface area contributed by atoms with Gasteiger partial charge >= 0.3 is 11.9 Å². The molecule has 26 heavy (non-hydrogen) atoms. The van der Waals surface area contributed by atoms with E-state index in [9.17, 15) is 14.4 Å². The zero-order chi connectivity index (χ0) is 19.1. The molecule has 0 aliphatic heterocycles. The predicted octanol–water partition coefficient (Wildman–Crippen LogP) is 2.67. The van der Waals surface area contributed by atoms with E-state index in [0.29, 0.717) is 17.0 Å². The van der Waals surface area contributed by atoms with E-state index in [1.807, 2.05) is 0 Å². The Balaban J connectivity index is 1.99. The largest absolute Gasteiger partial charge is 0.495 e. The molecular weight excluding hydrogens is 338 g/mol. The van der Waals surface area contributed by atoms with Gasteiger partial charge in [0, 0.05) is 0 Å². The summed E-state index contributed by atoms with van der Waals surface area (Å²) in [6.07, 6.45) is -1.02. The van der Waals surface area contributed by atoms with Crippen LogP contribution in [0.4, 0.5) is 5.69 Å². The van der Waals surface area contributed by atoms with Gasteiger partial charge in [0.05, 0.1) is 31.0 Å². The van der Waals surface area contributed by atoms with Crippen molar-refractivity contribution in [2.75, 3.05) is 19.5 Å². The molecule has 2 rings (SSSR count). The van der Waals surface area contributed by atoms with E-state index in [2.05, 4.69) is 10.1 Å². The Labute approximate surface area is 150 Å². The maximum Gasteiger partial charge on any atom is 0.338 e. The number of anilines is 1. The first-order chi connectivity index (χ1) is 12.5. The summed E-state index contributed by atoms with van der Waals surface area (Å²) in [5.41, 5.74) is 1.01. The van der Waals surface area contributed by atoms with E-state index in [0.717, 1.165) is 0 Å². The van der Waals surface area contributed by atoms with Gasteiger partial charge in [-0.2, -0.15) is 0 Å². The maximum atomic E-state index is 12.2. The van der Waals surface area contributed by atoms with Crippen molar-refractivity contribution in [1.29, 1.82) is 0 Å². The second-order valence-electron chi connectivity index (χ2n) is 5.31. The second-order valence-corrected chi connectivity index (χ2v) is 5.31. The van der Waals surface area contributed by atoms with Gasteiger partial charge in [-0.3, -0.25) is 4.79 Å². The van der Waals surface area contributed by atoms with Crippen molar-refractivity contribution in [2.45, 2.75) is 13.0 Å². The molecule has 1 atom stereocenters. The number of carbonyl (C=O) groups is 3. The number of carbonyl (C=O) groups excluding carboxylic acids is 3. The molecule has 2 aromatic rings. The number of hydrogen-bond acceptors (Lipinski definition) is 6. The molecule has 0 aliphatic carbocycles. The molecule has 1 N–H and O–H groups in total. The van der Waals surface area contributed by atoms with Crippen molar-refractivity contribution < 1.29 is 28.6 Å². The third kappa shape index (κ3) is 4.60. The number of esters is 2. The lowest BCUT2D eigenvalue weighted by atomic mass is 10.1. The lowest BCUT2D eigenvalue weighted by molar-refractivity contribution is -0.123. The van der Waals surface area contributed by atoms with Crippen LogP contribution in [-0.4, -0.2) is 38.2 Å². The second kappa shape index (κ2) is 8.66. The van der Waals surface area contributed by atoms with Crippen molar-refractivity contribution in [3.8, 4) is 5.75 Å². The predicted molar refractivity (Wildman–Crippen MR) is 94.3 cm³/mol. The smallest absolute Gasteiger partial charge is 0.338 e. The van der Waals surface area contributed by atoms with Gasteiger partial charge in [-0.05, 0) is 43.3 Å². The van der Waals surface area contributed by atoms with Gasteiger partial charge < -0.3 is 19.5 Å². The molecule has 0 saturated heterocycles. The quantitative estimate of drug-likeness (QED) is 0.799. The minimum Gasteiger partial charge on any atom is -0.495 e. The van der Waals surface area contributed by atoms with Gasteiger partial charge in [0.25, 0.3) is 5.91 Å². The molecular formula is C19H19NO6. The molecule has 0 unspecified atom stereocenters. The SMILES string of the molecule is COC(=O)c1ccc(C(=O)O[C@H](C)C(=O)Nc2ccccc2OC)cc1. The fraction of sp³-hybridized carbons (Fsp3) is 0.211. The van der Waals surface area contributed by atoms with Gasteiger partial charge in [-0.15, -0.1) is 0 Å². The number of amides is 1. The molecule has 0 saturated carbocycles. The average molecular weight is 357 g/mol. The summed E-state index contributed by atoms with van der Waals surface area (Å²) < 4.78 is 14.9. The van der Waals surface area contributed by atoms with Crippen LogP contribution < -0.4 is 10.1 Å². The third-order valence-corrected chi connectivity index (χ3v) is 3.56. The number of benzene rings is 2. The van der Waals surface area contributed by atoms with Crippen LogP contribution in [0.3, 0.4) is 0 Å². The van der Waals surface area contributed by atoms with Crippen molar-refractivity contribution in [2.24, 2.45) is 0 Å². The fourth-order valence-electron chi connectivity index (χ4n) is 2.12. The molecule has 0 fully saturated rings. The van der Waals surface area contributed by atoms with Crippen molar-refractivity contribution >= 4 is 23.5 Å². The van der Waals surface area contributed by atoms with Crippen LogP contribution in [0.2, 0.25) is 0 Å². The maximum absolute atomic E-state index is 12.2. The molecule has 1 amide bonds. The zero-order valence-corrected chi connectivity index (χ0v) is 14.6. The summed E-state index contributed by atoms with van der Waals surface area (Å²) >= 11 is 0. The number of nitrogens with one attached hydrogen (secondary N) is 1. The molecule has 2 aromatic carbocycles. The Morgan fingerprint density at radius 2 is 1.46 bits per heavy atom. The lowest BCUT2D eigenvalue weighted by Gasteiger charge is -2.15. The topological polar surface area (TPSA) is 90.9 Å². The van der Waals surface area contributed by atoms with Crippen molar-refractivity contribution in [1.82, 2.24) is 0 Å². The van der Waals surface area contributed by atoms with Gasteiger partial charge in [-0.1, -0.05) is 12.1 Å². The zero-order valence-electron chi connectivity index (χ0n) is 14.6. The van der Waals surface area contributed by atoms with Gasteiger partial charge in [0.1, 0.15) is 5.75 Å². The van der Waals surface area contributed by atoms with Crippen LogP contribution in [-0.2, 0) is 14.3 Å². The first kappa shape index (κ1) is 19.0. The highest BCUT2D eigenvalue weighted by Gasteiger charge is 2.20. The minimum absolute atomic E-state index is 0.217. The summed E-state index contributed by atoms with van der Waals surface area (Å²) in [4.78, 5) is 35.8. The molecule has 0 spiro atoms. The summed E-state index contributed by atoms with van der Waals surface area (Å²) in [6, 6.07) is 12.7. The number of rotatable bonds is 6. The van der Waals surface area contributed by atoms with Crippen LogP contribution in [0.15, 0.2) is 48.5 Å². The number of para-hydroxylation sites is 2. The van der Waals surface area contributed by atoms with E-state index in [4.69, 9.17) is 9.47 Å². The first-order valence-corrected chi connectivity index (χ1v) is 7.79. The van der Waals surface area contributed by atoms with Crippen LogP contribution in [0.25, 0.3) is 0 Å². The molecule has 136 valence electrons. The molecule has 7 heteroatoms. The minimum atomic E-state index is -1.02. The molecule has 0 heterocycles. The standard InChI is InChI=1S/C19H19NO6/c1-12(17(21)20-15-6-4-5-7-16(15)24-2)26-19(23)14-10-8-13(9-11-14)18(22)25-3/h4-12H,1-3H3,(H,20,21)/t12-/m1/s1. The monoisotopic (exact) mass is 357 g/mol. The van der Waals surface area contributed by atoms with E-state index in [1.54, 1.807) is 24.3 Å². The molecule has 0 aliphatic rings. The highest BCUT2D eigenvalue weighted by molar-refractivity contribution is 5.98. The summed E-state index contributed by atoms with van der Waals surface area (Å²) in [7, 11) is 2.76. The van der Waals surface area contributed by atoms with Crippen LogP contribution in [0, 0.1) is 0 Å². The van der Waals surface area contributed by atoms with E-state index < -0.39 is 23.9 Å². The Morgan fingerprint density at radius 3 is 2.04 bits per heavy atom. The average Bonchev–Trinajstić information content (AvgIpc) is 2.67. The number of hydrogen-bond donors (Lipinski definition) is 1. The Hall–Kier alpha value is -3.35. The normalized spacial score (nSPS) is 11.2. The Kier molecular flexibility index (Phi) is 6.32. The van der Waals surface area contributed by atoms with Crippen molar-refractivity contribution in [3.63, 3.8) is 0 Å². The Bertz CT molecular complexity index is 800. The Morgan fingerprint density at radius 1 is 0.885 bits per heavy atom. The lowest BCUT2D eigenvalue weighted by Crippen LogP contribution is -2.30. The number of methoxy groups -OCH3 is 2. The summed E-state index contributed by atoms with van der Waals surface area (Å²) in [5, 5.41) is 2.65. The van der Waals surface area contributed by atoms with Crippen LogP contribution in [0.5, 0.6) is 5.75 Å². The van der Waals surface area contributed by atoms with Crippen LogP contribution in [0.1, 0.15) is 27.6 Å².